The van der Waals surface area contributed by atoms with Crippen LogP contribution in [0.25, 0.3) is 4.96 Å². The van der Waals surface area contributed by atoms with E-state index in [2.05, 4.69) is 51.2 Å². The molecule has 3 aromatic rings. The molecule has 0 bridgehead atoms. The molecule has 1 N–H and O–H groups in total. The Morgan fingerprint density at radius 3 is 3.10 bits per heavy atom. The summed E-state index contributed by atoms with van der Waals surface area (Å²) in [5.74, 6) is 1.03. The summed E-state index contributed by atoms with van der Waals surface area (Å²) in [7, 11) is 2.08. The molecule has 0 fully saturated rings. The van der Waals surface area contributed by atoms with Crippen molar-refractivity contribution >= 4 is 22.1 Å². The van der Waals surface area contributed by atoms with Gasteiger partial charge in [0.15, 0.2) is 10.8 Å². The van der Waals surface area contributed by atoms with Crippen LogP contribution in [0.3, 0.4) is 0 Å². The van der Waals surface area contributed by atoms with E-state index >= 15 is 0 Å². The first kappa shape index (κ1) is 14.0. The Kier molecular flexibility index (Phi) is 4.17. The molecule has 0 radical (unpaired) electrons. The highest BCUT2D eigenvalue weighted by Gasteiger charge is 2.16. The van der Waals surface area contributed by atoms with Crippen molar-refractivity contribution in [3.63, 3.8) is 0 Å². The molecule has 0 amide bonds. The predicted octanol–water partition coefficient (Wildman–Crippen LogP) is 2.54. The fourth-order valence-electron chi connectivity index (χ4n) is 2.37. The van der Waals surface area contributed by atoms with Crippen LogP contribution in [0, 0.1) is 0 Å². The molecule has 0 spiro atoms. The zero-order chi connectivity index (χ0) is 14.7. The number of fused-ring (bicyclic) bond motifs is 1. The normalized spacial score (nSPS) is 11.1. The first-order valence-electron chi connectivity index (χ1n) is 7.04. The van der Waals surface area contributed by atoms with E-state index in [4.69, 9.17) is 4.98 Å². The van der Waals surface area contributed by atoms with Crippen LogP contribution in [-0.2, 0) is 13.1 Å². The van der Waals surface area contributed by atoms with Crippen LogP contribution in [0.5, 0.6) is 0 Å². The van der Waals surface area contributed by atoms with Crippen LogP contribution in [0.2, 0.25) is 0 Å². The minimum atomic E-state index is 0.803. The Labute approximate surface area is 128 Å². The zero-order valence-corrected chi connectivity index (χ0v) is 13.1. The number of pyridine rings is 1. The van der Waals surface area contributed by atoms with Crippen molar-refractivity contribution in [1.82, 2.24) is 19.7 Å². The van der Waals surface area contributed by atoms with Gasteiger partial charge in [-0.3, -0.25) is 9.38 Å². The second-order valence-electron chi connectivity index (χ2n) is 4.94. The fourth-order valence-corrected chi connectivity index (χ4v) is 3.10. The number of hydrogen-bond donors (Lipinski definition) is 1. The Morgan fingerprint density at radius 2 is 2.33 bits per heavy atom. The van der Waals surface area contributed by atoms with Gasteiger partial charge in [0, 0.05) is 44.1 Å². The van der Waals surface area contributed by atoms with E-state index in [0.29, 0.717) is 0 Å². The Balaban J connectivity index is 1.89. The van der Waals surface area contributed by atoms with Gasteiger partial charge in [0.05, 0.1) is 5.69 Å². The van der Waals surface area contributed by atoms with E-state index < -0.39 is 0 Å². The van der Waals surface area contributed by atoms with E-state index in [1.54, 1.807) is 17.5 Å². The van der Waals surface area contributed by atoms with Crippen LogP contribution in [0.15, 0.2) is 36.1 Å². The molecule has 0 aliphatic carbocycles. The quantitative estimate of drug-likeness (QED) is 0.760. The van der Waals surface area contributed by atoms with E-state index in [1.165, 1.54) is 11.3 Å². The maximum absolute atomic E-state index is 4.77. The number of hydrogen-bond acceptors (Lipinski definition) is 5. The first-order chi connectivity index (χ1) is 10.3. The molecule has 0 saturated carbocycles. The Hall–Kier alpha value is -1.92. The van der Waals surface area contributed by atoms with Gasteiger partial charge in [0.1, 0.15) is 0 Å². The highest BCUT2D eigenvalue weighted by molar-refractivity contribution is 7.15. The summed E-state index contributed by atoms with van der Waals surface area (Å²) < 4.78 is 2.17. The summed E-state index contributed by atoms with van der Waals surface area (Å²) in [6.07, 6.45) is 5.78. The molecule has 0 aliphatic heterocycles. The van der Waals surface area contributed by atoms with Gasteiger partial charge < -0.3 is 10.2 Å². The van der Waals surface area contributed by atoms with E-state index in [9.17, 15) is 0 Å². The van der Waals surface area contributed by atoms with Gasteiger partial charge in [-0.25, -0.2) is 4.98 Å². The lowest BCUT2D eigenvalue weighted by Crippen LogP contribution is -2.21. The predicted molar refractivity (Wildman–Crippen MR) is 86.8 cm³/mol. The van der Waals surface area contributed by atoms with E-state index in [1.807, 2.05) is 12.3 Å². The fraction of sp³-hybridized carbons (Fsp3) is 0.333. The van der Waals surface area contributed by atoms with Gasteiger partial charge >= 0.3 is 0 Å². The molecule has 110 valence electrons. The summed E-state index contributed by atoms with van der Waals surface area (Å²) in [5, 5.41) is 5.47. The minimum Gasteiger partial charge on any atom is -0.354 e. The van der Waals surface area contributed by atoms with Crippen molar-refractivity contribution in [2.45, 2.75) is 20.0 Å². The molecule has 21 heavy (non-hydrogen) atoms. The lowest BCUT2D eigenvalue weighted by atomic mass is 10.2. The van der Waals surface area contributed by atoms with Crippen LogP contribution >= 0.6 is 11.3 Å². The molecule has 0 aliphatic rings. The molecule has 6 heteroatoms. The molecular weight excluding hydrogens is 282 g/mol. The third kappa shape index (κ3) is 2.91. The van der Waals surface area contributed by atoms with Gasteiger partial charge in [-0.15, -0.1) is 11.3 Å². The molecule has 3 rings (SSSR count). The monoisotopic (exact) mass is 301 g/mol. The Bertz CT molecular complexity index is 703. The molecule has 3 heterocycles. The third-order valence-corrected chi connectivity index (χ3v) is 4.14. The molecule has 0 aromatic carbocycles. The maximum Gasteiger partial charge on any atom is 0.195 e. The van der Waals surface area contributed by atoms with Gasteiger partial charge in [-0.05, 0) is 18.2 Å². The zero-order valence-electron chi connectivity index (χ0n) is 12.3. The number of rotatable bonds is 6. The van der Waals surface area contributed by atoms with Crippen molar-refractivity contribution in [1.29, 1.82) is 0 Å². The summed E-state index contributed by atoms with van der Waals surface area (Å²) in [6, 6.07) is 4.06. The highest BCUT2D eigenvalue weighted by atomic mass is 32.1. The molecule has 3 aromatic heterocycles. The minimum absolute atomic E-state index is 0.803. The van der Waals surface area contributed by atoms with Crippen LogP contribution < -0.4 is 10.2 Å². The first-order valence-corrected chi connectivity index (χ1v) is 7.92. The van der Waals surface area contributed by atoms with Crippen LogP contribution in [0.1, 0.15) is 18.2 Å². The standard InChI is InChI=1S/C15H19N5S/c1-3-16-10-13-14(18-15-20(13)7-8-21-15)19(2)11-12-5-4-6-17-9-12/h4-9,16H,3,10-11H2,1-2H3. The summed E-state index contributed by atoms with van der Waals surface area (Å²) in [6.45, 7) is 4.69. The summed E-state index contributed by atoms with van der Waals surface area (Å²) in [4.78, 5) is 12.2. The van der Waals surface area contributed by atoms with Crippen molar-refractivity contribution < 1.29 is 0 Å². The van der Waals surface area contributed by atoms with Gasteiger partial charge in [0.25, 0.3) is 0 Å². The number of thiazole rings is 1. The topological polar surface area (TPSA) is 45.5 Å². The van der Waals surface area contributed by atoms with Crippen LogP contribution in [0.4, 0.5) is 5.82 Å². The van der Waals surface area contributed by atoms with Gasteiger partial charge in [-0.1, -0.05) is 13.0 Å². The van der Waals surface area contributed by atoms with Crippen molar-refractivity contribution in [3.05, 3.63) is 47.4 Å². The number of nitrogens with zero attached hydrogens (tertiary/aromatic N) is 4. The molecule has 0 unspecified atom stereocenters. The SMILES string of the molecule is CCNCc1c(N(C)Cc2cccnc2)nc2sccn12. The van der Waals surface area contributed by atoms with Crippen molar-refractivity contribution in [2.75, 3.05) is 18.5 Å². The lowest BCUT2D eigenvalue weighted by molar-refractivity contribution is 0.702. The Morgan fingerprint density at radius 1 is 1.43 bits per heavy atom. The van der Waals surface area contributed by atoms with Gasteiger partial charge in [0.2, 0.25) is 0 Å². The molecular formula is C15H19N5S. The average Bonchev–Trinajstić information content (AvgIpc) is 3.07. The summed E-state index contributed by atoms with van der Waals surface area (Å²) in [5.41, 5.74) is 2.39. The molecule has 0 atom stereocenters. The largest absolute Gasteiger partial charge is 0.354 e. The second-order valence-corrected chi connectivity index (χ2v) is 5.81. The average molecular weight is 301 g/mol. The van der Waals surface area contributed by atoms with Crippen molar-refractivity contribution in [2.24, 2.45) is 0 Å². The number of nitrogens with one attached hydrogen (secondary N) is 1. The van der Waals surface area contributed by atoms with Gasteiger partial charge in [-0.2, -0.15) is 0 Å². The number of anilines is 1. The molecule has 5 nitrogen and oxygen atoms in total. The molecule has 0 saturated heterocycles. The third-order valence-electron chi connectivity index (χ3n) is 3.39. The highest BCUT2D eigenvalue weighted by Crippen LogP contribution is 2.25. The number of imidazole rings is 1. The van der Waals surface area contributed by atoms with Crippen molar-refractivity contribution in [3.8, 4) is 0 Å². The van der Waals surface area contributed by atoms with Crippen LogP contribution in [-0.4, -0.2) is 28.0 Å². The number of aromatic nitrogens is 3. The smallest absolute Gasteiger partial charge is 0.195 e. The maximum atomic E-state index is 4.77. The van der Waals surface area contributed by atoms with E-state index in [0.717, 1.165) is 30.4 Å². The second kappa shape index (κ2) is 6.24. The summed E-state index contributed by atoms with van der Waals surface area (Å²) >= 11 is 1.66. The van der Waals surface area contributed by atoms with E-state index in [-0.39, 0.29) is 0 Å². The lowest BCUT2D eigenvalue weighted by Gasteiger charge is -2.18.